The van der Waals surface area contributed by atoms with Crippen molar-refractivity contribution in [1.82, 2.24) is 5.32 Å². The molecule has 1 amide bonds. The van der Waals surface area contributed by atoms with E-state index in [2.05, 4.69) is 5.32 Å². The first-order valence-electron chi connectivity index (χ1n) is 10.9. The summed E-state index contributed by atoms with van der Waals surface area (Å²) < 4.78 is 0. The second-order valence-electron chi connectivity index (χ2n) is 8.34. The van der Waals surface area contributed by atoms with Crippen LogP contribution >= 0.6 is 0 Å². The van der Waals surface area contributed by atoms with Crippen LogP contribution in [0.5, 0.6) is 11.5 Å². The summed E-state index contributed by atoms with van der Waals surface area (Å²) in [5.41, 5.74) is 17.1. The van der Waals surface area contributed by atoms with Crippen LogP contribution in [0.1, 0.15) is 30.4 Å². The highest BCUT2D eigenvalue weighted by atomic mass is 16.4. The van der Waals surface area contributed by atoms with Crippen LogP contribution in [0.2, 0.25) is 0 Å². The molecule has 0 radical (unpaired) electrons. The number of hydrogen-bond acceptors (Lipinski definition) is 8. The lowest BCUT2D eigenvalue weighted by atomic mass is 9.84. The quantitative estimate of drug-likeness (QED) is 0.157. The Morgan fingerprint density at radius 1 is 0.824 bits per heavy atom. The summed E-state index contributed by atoms with van der Waals surface area (Å²) in [7, 11) is 0. The van der Waals surface area contributed by atoms with Crippen LogP contribution in [0, 0.1) is 0 Å². The molecular weight excluding hydrogens is 440 g/mol. The van der Waals surface area contributed by atoms with E-state index in [1.54, 1.807) is 24.3 Å². The minimum Gasteiger partial charge on any atom is -0.508 e. The number of ketones is 1. The largest absolute Gasteiger partial charge is 0.508 e. The molecule has 0 unspecified atom stereocenters. The third-order valence-electron chi connectivity index (χ3n) is 5.58. The molecule has 0 aliphatic heterocycles. The first-order valence-corrected chi connectivity index (χ1v) is 10.9. The first-order chi connectivity index (χ1) is 16.0. The second kappa shape index (κ2) is 12.1. The number of benzene rings is 2. The van der Waals surface area contributed by atoms with E-state index in [1.165, 1.54) is 24.3 Å². The normalized spacial score (nSPS) is 14.6. The first kappa shape index (κ1) is 26.8. The number of carboxylic acids is 1. The van der Waals surface area contributed by atoms with E-state index in [1.807, 2.05) is 0 Å². The van der Waals surface area contributed by atoms with Crippen LogP contribution in [0.3, 0.4) is 0 Å². The maximum atomic E-state index is 12.8. The number of carbonyl (C=O) groups is 3. The summed E-state index contributed by atoms with van der Waals surface area (Å²) in [5, 5.41) is 30.9. The van der Waals surface area contributed by atoms with Crippen LogP contribution in [0.25, 0.3) is 0 Å². The van der Waals surface area contributed by atoms with Gasteiger partial charge in [0.05, 0.1) is 12.1 Å². The molecule has 0 bridgehead atoms. The molecule has 10 heteroatoms. The van der Waals surface area contributed by atoms with E-state index < -0.39 is 29.4 Å². The lowest BCUT2D eigenvalue weighted by molar-refractivity contribution is -0.149. The van der Waals surface area contributed by atoms with Crippen LogP contribution < -0.4 is 22.5 Å². The van der Waals surface area contributed by atoms with Gasteiger partial charge in [0.15, 0.2) is 11.3 Å². The topological polar surface area (TPSA) is 202 Å². The number of nitrogens with two attached hydrogens (primary N) is 3. The third-order valence-corrected chi connectivity index (χ3v) is 5.58. The van der Waals surface area contributed by atoms with Gasteiger partial charge in [0.1, 0.15) is 11.5 Å². The molecule has 3 atom stereocenters. The number of hydrogen-bond donors (Lipinski definition) is 7. The Hall–Kier alpha value is -3.47. The van der Waals surface area contributed by atoms with E-state index in [4.69, 9.17) is 17.2 Å². The standard InChI is InChI=1S/C24H32N4O6/c25-19(13-15-3-7-17(29)8-4-15)21(31)24(27,23(33)34)11-1-2-12-28-22(32)20(26)14-16-5-9-18(30)10-6-16/h3-10,19-20,29-30H,1-2,11-14,25-27H2,(H,28,32)(H,33,34)/t19-,20-,24+/m0/s1. The smallest absolute Gasteiger partial charge is 0.331 e. The summed E-state index contributed by atoms with van der Waals surface area (Å²) in [6.07, 6.45) is 0.906. The molecular formula is C24H32N4O6. The second-order valence-corrected chi connectivity index (χ2v) is 8.34. The number of unbranched alkanes of at least 4 members (excludes halogenated alkanes) is 1. The predicted molar refractivity (Wildman–Crippen MR) is 126 cm³/mol. The molecule has 2 rings (SSSR count). The summed E-state index contributed by atoms with van der Waals surface area (Å²) in [6.45, 7) is 0.242. The van der Waals surface area contributed by atoms with Gasteiger partial charge in [-0.3, -0.25) is 9.59 Å². The molecule has 10 N–H and O–H groups in total. The Labute approximate surface area is 197 Å². The van der Waals surface area contributed by atoms with Gasteiger partial charge in [-0.25, -0.2) is 4.79 Å². The fraction of sp³-hybridized carbons (Fsp3) is 0.375. The molecule has 0 fully saturated rings. The number of aliphatic carboxylic acids is 1. The summed E-state index contributed by atoms with van der Waals surface area (Å²) in [4.78, 5) is 36.7. The molecule has 34 heavy (non-hydrogen) atoms. The number of nitrogens with one attached hydrogen (secondary N) is 1. The summed E-state index contributed by atoms with van der Waals surface area (Å²) in [5.74, 6) is -2.42. The predicted octanol–water partition coefficient (Wildman–Crippen LogP) is 0.175. The molecule has 2 aromatic rings. The van der Waals surface area contributed by atoms with Gasteiger partial charge in [0, 0.05) is 6.54 Å². The fourth-order valence-corrected chi connectivity index (χ4v) is 3.50. The number of Topliss-reactive ketones (excluding diaryl/α,β-unsaturated/α-hetero) is 1. The van der Waals surface area contributed by atoms with Crippen molar-refractivity contribution in [3.8, 4) is 11.5 Å². The molecule has 2 aromatic carbocycles. The van der Waals surface area contributed by atoms with Crippen LogP contribution in [-0.2, 0) is 27.2 Å². The van der Waals surface area contributed by atoms with Crippen molar-refractivity contribution in [1.29, 1.82) is 0 Å². The van der Waals surface area contributed by atoms with Crippen LogP contribution in [0.15, 0.2) is 48.5 Å². The molecule has 0 aromatic heterocycles. The highest BCUT2D eigenvalue weighted by Crippen LogP contribution is 2.18. The number of rotatable bonds is 13. The number of aromatic hydroxyl groups is 2. The zero-order valence-corrected chi connectivity index (χ0v) is 18.8. The van der Waals surface area contributed by atoms with Gasteiger partial charge in [-0.2, -0.15) is 0 Å². The molecule has 0 aliphatic carbocycles. The van der Waals surface area contributed by atoms with Gasteiger partial charge in [-0.1, -0.05) is 24.3 Å². The molecule has 0 heterocycles. The van der Waals surface area contributed by atoms with Crippen molar-refractivity contribution in [3.63, 3.8) is 0 Å². The van der Waals surface area contributed by atoms with Crippen molar-refractivity contribution in [2.45, 2.75) is 49.7 Å². The van der Waals surface area contributed by atoms with E-state index >= 15 is 0 Å². The SMILES string of the molecule is N[C@@H](Cc1ccc(O)cc1)C(=O)NCCCC[C@](N)(C(=O)O)C(=O)[C@@H](N)Cc1ccc(O)cc1. The minimum atomic E-state index is -2.14. The zero-order chi connectivity index (χ0) is 25.3. The van der Waals surface area contributed by atoms with Gasteiger partial charge >= 0.3 is 5.97 Å². The van der Waals surface area contributed by atoms with Gasteiger partial charge in [-0.15, -0.1) is 0 Å². The van der Waals surface area contributed by atoms with Crippen molar-refractivity contribution in [2.24, 2.45) is 17.2 Å². The van der Waals surface area contributed by atoms with Crippen LogP contribution in [-0.4, -0.2) is 57.1 Å². The molecule has 0 aliphatic rings. The molecule has 10 nitrogen and oxygen atoms in total. The van der Waals surface area contributed by atoms with Gasteiger partial charge in [-0.05, 0) is 67.5 Å². The minimum absolute atomic E-state index is 0.0655. The highest BCUT2D eigenvalue weighted by Gasteiger charge is 2.43. The monoisotopic (exact) mass is 472 g/mol. The van der Waals surface area contributed by atoms with Crippen LogP contribution in [0.4, 0.5) is 0 Å². The van der Waals surface area contributed by atoms with E-state index in [-0.39, 0.29) is 43.2 Å². The van der Waals surface area contributed by atoms with E-state index in [0.717, 1.165) is 5.56 Å². The maximum absolute atomic E-state index is 12.8. The number of carbonyl (C=O) groups excluding carboxylic acids is 2. The lowest BCUT2D eigenvalue weighted by Gasteiger charge is -2.26. The Balaban J connectivity index is 1.80. The van der Waals surface area contributed by atoms with Crippen molar-refractivity contribution < 1.29 is 29.7 Å². The molecule has 0 saturated heterocycles. The number of carboxylic acid groups (broad SMARTS) is 1. The maximum Gasteiger partial charge on any atom is 0.331 e. The third kappa shape index (κ3) is 7.55. The average molecular weight is 473 g/mol. The average Bonchev–Trinajstić information content (AvgIpc) is 2.80. The zero-order valence-electron chi connectivity index (χ0n) is 18.8. The molecule has 0 saturated carbocycles. The van der Waals surface area contributed by atoms with Crippen molar-refractivity contribution >= 4 is 17.7 Å². The number of amides is 1. The Morgan fingerprint density at radius 2 is 1.29 bits per heavy atom. The van der Waals surface area contributed by atoms with Crippen molar-refractivity contribution in [2.75, 3.05) is 6.54 Å². The number of phenolic OH excluding ortho intramolecular Hbond substituents is 2. The Morgan fingerprint density at radius 3 is 1.76 bits per heavy atom. The highest BCUT2D eigenvalue weighted by molar-refractivity contribution is 6.09. The van der Waals surface area contributed by atoms with Gasteiger partial charge in [0.25, 0.3) is 0 Å². The Bertz CT molecular complexity index is 980. The van der Waals surface area contributed by atoms with E-state index in [0.29, 0.717) is 18.4 Å². The van der Waals surface area contributed by atoms with Gasteiger partial charge < -0.3 is 37.8 Å². The molecule has 184 valence electrons. The van der Waals surface area contributed by atoms with E-state index in [9.17, 15) is 29.7 Å². The number of phenols is 2. The Kier molecular flexibility index (Phi) is 9.55. The summed E-state index contributed by atoms with van der Waals surface area (Å²) in [6, 6.07) is 10.6. The van der Waals surface area contributed by atoms with Crippen molar-refractivity contribution in [3.05, 3.63) is 59.7 Å². The lowest BCUT2D eigenvalue weighted by Crippen LogP contribution is -2.60. The van der Waals surface area contributed by atoms with Gasteiger partial charge in [0.2, 0.25) is 5.91 Å². The molecule has 0 spiro atoms. The summed E-state index contributed by atoms with van der Waals surface area (Å²) >= 11 is 0. The fourth-order valence-electron chi connectivity index (χ4n) is 3.50.